The summed E-state index contributed by atoms with van der Waals surface area (Å²) in [5.74, 6) is 0. The third kappa shape index (κ3) is 2.03. The Hall–Kier alpha value is -2.73. The highest BCUT2D eigenvalue weighted by molar-refractivity contribution is 7.08. The monoisotopic (exact) mass is 319 g/mol. The van der Waals surface area contributed by atoms with Crippen molar-refractivity contribution in [3.63, 3.8) is 0 Å². The second-order valence-electron chi connectivity index (χ2n) is 5.70. The van der Waals surface area contributed by atoms with Crippen LogP contribution in [0.4, 0.5) is 0 Å². The maximum absolute atomic E-state index is 4.54. The number of rotatable bonds is 3. The molecule has 0 atom stereocenters. The molecule has 5 rings (SSSR count). The van der Waals surface area contributed by atoms with Gasteiger partial charge in [0.05, 0.1) is 17.9 Å². The van der Waals surface area contributed by atoms with E-state index in [1.54, 1.807) is 24.0 Å². The molecule has 0 unspecified atom stereocenters. The lowest BCUT2D eigenvalue weighted by Crippen LogP contribution is -2.00. The minimum absolute atomic E-state index is 0.730. The minimum Gasteiger partial charge on any atom is -0.277 e. The third-order valence-electron chi connectivity index (χ3n) is 4.28. The van der Waals surface area contributed by atoms with E-state index < -0.39 is 0 Å². The first-order valence-corrected chi connectivity index (χ1v) is 8.37. The fourth-order valence-electron chi connectivity index (χ4n) is 3.20. The Morgan fingerprint density at radius 1 is 1.26 bits per heavy atom. The first-order chi connectivity index (χ1) is 11.4. The summed E-state index contributed by atoms with van der Waals surface area (Å²) >= 11 is 1.70. The van der Waals surface area contributed by atoms with Crippen molar-refractivity contribution in [3.05, 3.63) is 64.4 Å². The van der Waals surface area contributed by atoms with E-state index in [2.05, 4.69) is 55.3 Å². The number of thiophene rings is 1. The van der Waals surface area contributed by atoms with Crippen LogP contribution in [0.25, 0.3) is 22.5 Å². The first-order valence-electron chi connectivity index (χ1n) is 7.43. The van der Waals surface area contributed by atoms with Crippen LogP contribution in [0.3, 0.4) is 0 Å². The smallest absolute Gasteiger partial charge is 0.137 e. The third-order valence-corrected chi connectivity index (χ3v) is 4.97. The molecule has 1 aromatic carbocycles. The Balaban J connectivity index is 1.55. The van der Waals surface area contributed by atoms with Gasteiger partial charge < -0.3 is 0 Å². The molecule has 1 aliphatic carbocycles. The molecule has 0 saturated carbocycles. The Labute approximate surface area is 136 Å². The molecule has 3 heterocycles. The second kappa shape index (κ2) is 4.89. The number of hydrogen-bond donors (Lipinski definition) is 1. The molecule has 0 amide bonds. The first kappa shape index (κ1) is 12.8. The van der Waals surface area contributed by atoms with Crippen molar-refractivity contribution in [1.29, 1.82) is 0 Å². The highest BCUT2D eigenvalue weighted by Gasteiger charge is 2.25. The SMILES string of the molecule is c1ncn(Cc2ccc3c(c2)-c2[nH]nc(-c4ccsc4)c2C3)n1. The zero-order valence-corrected chi connectivity index (χ0v) is 13.0. The van der Waals surface area contributed by atoms with Crippen molar-refractivity contribution in [2.45, 2.75) is 13.0 Å². The number of benzene rings is 1. The molecule has 0 fully saturated rings. The van der Waals surface area contributed by atoms with Gasteiger partial charge in [-0.15, -0.1) is 0 Å². The lowest BCUT2D eigenvalue weighted by molar-refractivity contribution is 0.685. The summed E-state index contributed by atoms with van der Waals surface area (Å²) in [6.45, 7) is 0.730. The van der Waals surface area contributed by atoms with E-state index in [0.717, 1.165) is 24.4 Å². The molecule has 23 heavy (non-hydrogen) atoms. The van der Waals surface area contributed by atoms with Crippen molar-refractivity contribution >= 4 is 11.3 Å². The van der Waals surface area contributed by atoms with Crippen LogP contribution >= 0.6 is 11.3 Å². The molecule has 1 N–H and O–H groups in total. The Bertz CT molecular complexity index is 967. The van der Waals surface area contributed by atoms with E-state index in [9.17, 15) is 0 Å². The van der Waals surface area contributed by atoms with Crippen molar-refractivity contribution in [3.8, 4) is 22.5 Å². The number of aromatic nitrogens is 5. The topological polar surface area (TPSA) is 59.4 Å². The molecule has 0 spiro atoms. The Morgan fingerprint density at radius 2 is 2.26 bits per heavy atom. The Kier molecular flexibility index (Phi) is 2.72. The molecule has 0 aliphatic heterocycles. The summed E-state index contributed by atoms with van der Waals surface area (Å²) in [7, 11) is 0. The molecule has 4 aromatic rings. The molecule has 0 saturated heterocycles. The van der Waals surface area contributed by atoms with Crippen LogP contribution in [0.5, 0.6) is 0 Å². The summed E-state index contributed by atoms with van der Waals surface area (Å²) in [6, 6.07) is 8.75. The van der Waals surface area contributed by atoms with Gasteiger partial charge in [-0.25, -0.2) is 9.67 Å². The van der Waals surface area contributed by atoms with Crippen LogP contribution in [-0.2, 0) is 13.0 Å². The quantitative estimate of drug-likeness (QED) is 0.555. The van der Waals surface area contributed by atoms with E-state index in [1.165, 1.54) is 27.8 Å². The van der Waals surface area contributed by atoms with E-state index in [4.69, 9.17) is 0 Å². The highest BCUT2D eigenvalue weighted by atomic mass is 32.1. The molecule has 112 valence electrons. The lowest BCUT2D eigenvalue weighted by atomic mass is 10.1. The summed E-state index contributed by atoms with van der Waals surface area (Å²) in [6.07, 6.45) is 4.24. The maximum atomic E-state index is 4.54. The molecular weight excluding hydrogens is 306 g/mol. The summed E-state index contributed by atoms with van der Waals surface area (Å²) in [5, 5.41) is 16.2. The Morgan fingerprint density at radius 3 is 3.09 bits per heavy atom. The highest BCUT2D eigenvalue weighted by Crippen LogP contribution is 2.40. The van der Waals surface area contributed by atoms with E-state index in [1.807, 2.05) is 4.68 Å². The van der Waals surface area contributed by atoms with Gasteiger partial charge in [0.2, 0.25) is 0 Å². The lowest BCUT2D eigenvalue weighted by Gasteiger charge is -2.05. The van der Waals surface area contributed by atoms with Crippen molar-refractivity contribution in [1.82, 2.24) is 25.0 Å². The van der Waals surface area contributed by atoms with Gasteiger partial charge in [-0.2, -0.15) is 21.5 Å². The largest absolute Gasteiger partial charge is 0.277 e. The standard InChI is InChI=1S/C17H13N5S/c1-2-12-6-15-16(13-3-4-23-8-13)20-21-17(15)14(12)5-11(1)7-22-10-18-9-19-22/h1-5,8-10H,6-7H2,(H,20,21). The van der Waals surface area contributed by atoms with Gasteiger partial charge in [0.1, 0.15) is 12.7 Å². The molecular formula is C17H13N5S. The van der Waals surface area contributed by atoms with Crippen molar-refractivity contribution in [2.75, 3.05) is 0 Å². The summed E-state index contributed by atoms with van der Waals surface area (Å²) in [4.78, 5) is 4.00. The van der Waals surface area contributed by atoms with E-state index in [0.29, 0.717) is 0 Å². The molecule has 0 radical (unpaired) electrons. The average molecular weight is 319 g/mol. The molecule has 3 aromatic heterocycles. The number of nitrogens with one attached hydrogen (secondary N) is 1. The minimum atomic E-state index is 0.730. The van der Waals surface area contributed by atoms with Gasteiger partial charge in [0.25, 0.3) is 0 Å². The van der Waals surface area contributed by atoms with Crippen LogP contribution in [0, 0.1) is 0 Å². The van der Waals surface area contributed by atoms with Crippen LogP contribution in [0.2, 0.25) is 0 Å². The summed E-state index contributed by atoms with van der Waals surface area (Å²) in [5.41, 5.74) is 8.56. The fraction of sp³-hybridized carbons (Fsp3) is 0.118. The molecule has 6 heteroatoms. The van der Waals surface area contributed by atoms with Gasteiger partial charge >= 0.3 is 0 Å². The maximum Gasteiger partial charge on any atom is 0.137 e. The molecule has 5 nitrogen and oxygen atoms in total. The van der Waals surface area contributed by atoms with Crippen LogP contribution in [-0.4, -0.2) is 25.0 Å². The zero-order valence-electron chi connectivity index (χ0n) is 12.2. The number of hydrogen-bond acceptors (Lipinski definition) is 4. The van der Waals surface area contributed by atoms with Crippen LogP contribution in [0.1, 0.15) is 16.7 Å². The van der Waals surface area contributed by atoms with Crippen molar-refractivity contribution < 1.29 is 0 Å². The normalized spacial score (nSPS) is 12.3. The summed E-state index contributed by atoms with van der Waals surface area (Å²) < 4.78 is 1.83. The predicted octanol–water partition coefficient (Wildman–Crippen LogP) is 3.35. The fourth-order valence-corrected chi connectivity index (χ4v) is 3.84. The van der Waals surface area contributed by atoms with Crippen molar-refractivity contribution in [2.24, 2.45) is 0 Å². The van der Waals surface area contributed by atoms with Gasteiger partial charge in [0, 0.05) is 28.5 Å². The zero-order chi connectivity index (χ0) is 15.2. The number of H-pyrrole nitrogens is 1. The van der Waals surface area contributed by atoms with E-state index in [-0.39, 0.29) is 0 Å². The van der Waals surface area contributed by atoms with Gasteiger partial charge in [-0.1, -0.05) is 12.1 Å². The molecule has 1 aliphatic rings. The number of fused-ring (bicyclic) bond motifs is 3. The predicted molar refractivity (Wildman–Crippen MR) is 89.3 cm³/mol. The number of aromatic amines is 1. The van der Waals surface area contributed by atoms with Gasteiger partial charge in [-0.3, -0.25) is 5.10 Å². The number of nitrogens with zero attached hydrogens (tertiary/aromatic N) is 4. The van der Waals surface area contributed by atoms with Gasteiger partial charge in [0.15, 0.2) is 0 Å². The molecule has 0 bridgehead atoms. The van der Waals surface area contributed by atoms with Crippen LogP contribution < -0.4 is 0 Å². The second-order valence-corrected chi connectivity index (χ2v) is 6.48. The van der Waals surface area contributed by atoms with E-state index >= 15 is 0 Å². The average Bonchev–Trinajstić information content (AvgIpc) is 3.32. The van der Waals surface area contributed by atoms with Crippen LogP contribution in [0.15, 0.2) is 47.7 Å². The van der Waals surface area contributed by atoms with Gasteiger partial charge in [-0.05, 0) is 28.6 Å².